The molecule has 8 aromatic carbocycles. The van der Waals surface area contributed by atoms with Crippen LogP contribution in [0.1, 0.15) is 22.3 Å². The molecule has 2 aromatic heterocycles. The van der Waals surface area contributed by atoms with Gasteiger partial charge in [-0.1, -0.05) is 176 Å². The number of hydrogen-bond donors (Lipinski definition) is 0. The summed E-state index contributed by atoms with van der Waals surface area (Å²) in [6, 6.07) is 74.6. The number of hydrogen-bond acceptors (Lipinski definition) is 4. The van der Waals surface area contributed by atoms with Crippen LogP contribution in [-0.4, -0.2) is 15.0 Å². The second-order valence-electron chi connectivity index (χ2n) is 14.8. The number of fused-ring (bicyclic) bond motifs is 4. The highest BCUT2D eigenvalue weighted by molar-refractivity contribution is 5.88. The Kier molecular flexibility index (Phi) is 8.00. The van der Waals surface area contributed by atoms with Gasteiger partial charge >= 0.3 is 0 Å². The van der Waals surface area contributed by atoms with Gasteiger partial charge in [-0.25, -0.2) is 15.0 Å². The van der Waals surface area contributed by atoms with Crippen molar-refractivity contribution in [3.05, 3.63) is 235 Å². The maximum absolute atomic E-state index is 6.48. The Bertz CT molecular complexity index is 3000. The molecule has 4 heteroatoms. The lowest BCUT2D eigenvalue weighted by Gasteiger charge is -2.34. The van der Waals surface area contributed by atoms with Gasteiger partial charge in [-0.05, 0) is 80.9 Å². The minimum Gasteiger partial charge on any atom is -0.436 e. The summed E-state index contributed by atoms with van der Waals surface area (Å²) in [4.78, 5) is 15.0. The summed E-state index contributed by atoms with van der Waals surface area (Å²) in [5.41, 5.74) is 16.4. The fourth-order valence-corrected chi connectivity index (χ4v) is 8.72. The van der Waals surface area contributed by atoms with E-state index < -0.39 is 5.41 Å². The van der Waals surface area contributed by atoms with Crippen LogP contribution in [0.3, 0.4) is 0 Å². The van der Waals surface area contributed by atoms with Crippen molar-refractivity contribution >= 4 is 11.1 Å². The van der Waals surface area contributed by atoms with Crippen molar-refractivity contribution in [1.29, 1.82) is 0 Å². The summed E-state index contributed by atoms with van der Waals surface area (Å²) < 4.78 is 6.48. The van der Waals surface area contributed by atoms with E-state index in [1.807, 2.05) is 66.7 Å². The normalized spacial score (nSPS) is 12.6. The third-order valence-electron chi connectivity index (χ3n) is 11.4. The van der Waals surface area contributed by atoms with Crippen LogP contribution in [0.15, 0.2) is 217 Å². The van der Waals surface area contributed by atoms with Crippen LogP contribution < -0.4 is 0 Å². The molecule has 2 heterocycles. The first-order chi connectivity index (χ1) is 28.7. The molecule has 0 saturated carbocycles. The van der Waals surface area contributed by atoms with Crippen molar-refractivity contribution in [2.75, 3.05) is 0 Å². The van der Waals surface area contributed by atoms with E-state index in [0.29, 0.717) is 11.7 Å². The minimum absolute atomic E-state index is 0.579. The minimum atomic E-state index is -0.579. The highest BCUT2D eigenvalue weighted by atomic mass is 16.3. The fraction of sp³-hybridized carbons (Fsp3) is 0.0185. The van der Waals surface area contributed by atoms with E-state index in [0.717, 1.165) is 61.4 Å². The van der Waals surface area contributed by atoms with E-state index in [1.165, 1.54) is 27.8 Å². The first kappa shape index (κ1) is 33.6. The maximum Gasteiger partial charge on any atom is 0.227 e. The van der Waals surface area contributed by atoms with Gasteiger partial charge in [0.1, 0.15) is 5.52 Å². The molecule has 0 amide bonds. The Balaban J connectivity index is 1.03. The largest absolute Gasteiger partial charge is 0.436 e. The van der Waals surface area contributed by atoms with Crippen LogP contribution in [0.4, 0.5) is 0 Å². The van der Waals surface area contributed by atoms with Gasteiger partial charge in [-0.2, -0.15) is 0 Å². The zero-order valence-corrected chi connectivity index (χ0v) is 31.5. The number of oxazole rings is 1. The van der Waals surface area contributed by atoms with Crippen LogP contribution in [0.25, 0.3) is 78.7 Å². The monoisotopic (exact) mass is 741 g/mol. The molecule has 0 aliphatic heterocycles. The Labute approximate surface area is 336 Å². The van der Waals surface area contributed by atoms with Gasteiger partial charge in [0, 0.05) is 22.3 Å². The average molecular weight is 742 g/mol. The lowest BCUT2D eigenvalue weighted by Crippen LogP contribution is -2.28. The van der Waals surface area contributed by atoms with Crippen LogP contribution in [-0.2, 0) is 5.41 Å². The quantitative estimate of drug-likeness (QED) is 0.163. The molecule has 0 radical (unpaired) electrons. The predicted molar refractivity (Wildman–Crippen MR) is 234 cm³/mol. The molecule has 1 aliphatic rings. The van der Waals surface area contributed by atoms with Crippen LogP contribution in [0.2, 0.25) is 0 Å². The smallest absolute Gasteiger partial charge is 0.227 e. The Morgan fingerprint density at radius 1 is 0.345 bits per heavy atom. The molecular weight excluding hydrogens is 707 g/mol. The second kappa shape index (κ2) is 13.8. The van der Waals surface area contributed by atoms with E-state index in [4.69, 9.17) is 19.4 Å². The summed E-state index contributed by atoms with van der Waals surface area (Å²) in [7, 11) is 0. The predicted octanol–water partition coefficient (Wildman–Crippen LogP) is 13.3. The van der Waals surface area contributed by atoms with Crippen molar-refractivity contribution in [2.45, 2.75) is 5.41 Å². The fourth-order valence-electron chi connectivity index (χ4n) is 8.72. The molecular formula is C54H35N3O. The van der Waals surface area contributed by atoms with Crippen LogP contribution >= 0.6 is 0 Å². The maximum atomic E-state index is 6.48. The van der Waals surface area contributed by atoms with Crippen molar-refractivity contribution < 1.29 is 4.42 Å². The molecule has 0 atom stereocenters. The topological polar surface area (TPSA) is 51.8 Å². The highest BCUT2D eigenvalue weighted by Crippen LogP contribution is 2.56. The third-order valence-corrected chi connectivity index (χ3v) is 11.4. The summed E-state index contributed by atoms with van der Waals surface area (Å²) in [5, 5.41) is 0. The average Bonchev–Trinajstić information content (AvgIpc) is 3.88. The SMILES string of the molecule is c1ccc(-c2cc(-c3cccc(-c4ccc(C5(c6ccc7nc(-c8ccccc8)oc7c6)c6ccccc6-c6ccccc65)cc4)c3)nc(-c3ccccc3)n2)cc1. The molecule has 0 spiro atoms. The van der Waals surface area contributed by atoms with E-state index in [2.05, 4.69) is 146 Å². The lowest BCUT2D eigenvalue weighted by atomic mass is 9.67. The standard InChI is InChI=1S/C54H35N3O/c1-4-15-37(16-5-1)49-35-50(56-52(55-49)38-17-6-2-7-18-38)41-22-14-21-40(33-41)36-27-29-42(30-28-36)54(46-25-12-10-23-44(46)45-24-11-13-26-47(45)54)43-31-32-48-51(34-43)58-53(57-48)39-19-8-3-9-20-39/h1-35H. The molecule has 1 aliphatic carbocycles. The number of nitrogens with zero attached hydrogens (tertiary/aromatic N) is 3. The van der Waals surface area contributed by atoms with Crippen molar-refractivity contribution in [1.82, 2.24) is 15.0 Å². The summed E-state index contributed by atoms with van der Waals surface area (Å²) >= 11 is 0. The van der Waals surface area contributed by atoms with Crippen LogP contribution in [0, 0.1) is 0 Å². The van der Waals surface area contributed by atoms with Crippen molar-refractivity contribution in [3.8, 4) is 67.6 Å². The van der Waals surface area contributed by atoms with Crippen LogP contribution in [0.5, 0.6) is 0 Å². The third kappa shape index (κ3) is 5.57. The first-order valence-electron chi connectivity index (χ1n) is 19.6. The van der Waals surface area contributed by atoms with Gasteiger partial charge < -0.3 is 4.42 Å². The van der Waals surface area contributed by atoms with E-state index >= 15 is 0 Å². The van der Waals surface area contributed by atoms with Gasteiger partial charge in [0.2, 0.25) is 5.89 Å². The molecule has 0 saturated heterocycles. The van der Waals surface area contributed by atoms with Gasteiger partial charge in [-0.3, -0.25) is 0 Å². The highest BCUT2D eigenvalue weighted by Gasteiger charge is 2.46. The van der Waals surface area contributed by atoms with E-state index in [9.17, 15) is 0 Å². The number of rotatable bonds is 7. The van der Waals surface area contributed by atoms with Gasteiger partial charge in [0.25, 0.3) is 0 Å². The van der Waals surface area contributed by atoms with E-state index in [-0.39, 0.29) is 0 Å². The molecule has 0 fully saturated rings. The van der Waals surface area contributed by atoms with Crippen molar-refractivity contribution in [3.63, 3.8) is 0 Å². The van der Waals surface area contributed by atoms with Gasteiger partial charge in [0.15, 0.2) is 11.4 Å². The molecule has 4 nitrogen and oxygen atoms in total. The first-order valence-corrected chi connectivity index (χ1v) is 19.6. The zero-order chi connectivity index (χ0) is 38.5. The zero-order valence-electron chi connectivity index (χ0n) is 31.5. The molecule has 272 valence electrons. The van der Waals surface area contributed by atoms with Crippen molar-refractivity contribution in [2.24, 2.45) is 0 Å². The number of aromatic nitrogens is 3. The second-order valence-corrected chi connectivity index (χ2v) is 14.8. The Morgan fingerprint density at radius 2 is 0.879 bits per heavy atom. The number of benzene rings is 8. The van der Waals surface area contributed by atoms with Gasteiger partial charge in [0.05, 0.1) is 16.8 Å². The molecule has 0 unspecified atom stereocenters. The molecule has 58 heavy (non-hydrogen) atoms. The van der Waals surface area contributed by atoms with Gasteiger partial charge in [-0.15, -0.1) is 0 Å². The molecule has 11 rings (SSSR count). The summed E-state index contributed by atoms with van der Waals surface area (Å²) in [6.45, 7) is 0. The summed E-state index contributed by atoms with van der Waals surface area (Å²) in [6.07, 6.45) is 0. The summed E-state index contributed by atoms with van der Waals surface area (Å²) in [5.74, 6) is 1.32. The molecule has 0 N–H and O–H groups in total. The Hall–Kier alpha value is -7.69. The Morgan fingerprint density at radius 3 is 1.55 bits per heavy atom. The molecule has 0 bridgehead atoms. The van der Waals surface area contributed by atoms with E-state index in [1.54, 1.807) is 0 Å². The molecule has 10 aromatic rings. The lowest BCUT2D eigenvalue weighted by molar-refractivity contribution is 0.618.